The molecule has 126 valence electrons. The average molecular weight is 338 g/mol. The molecule has 2 N–H and O–H groups in total. The highest BCUT2D eigenvalue weighted by Gasteiger charge is 2.43. The minimum atomic E-state index is -3.76. The van der Waals surface area contributed by atoms with Crippen molar-refractivity contribution in [2.45, 2.75) is 49.1 Å². The number of carbonyl (C=O) groups excluding carboxylic acids is 1. The van der Waals surface area contributed by atoms with Crippen LogP contribution in [-0.4, -0.2) is 44.4 Å². The molecule has 2 atom stereocenters. The Bertz CT molecular complexity index is 717. The van der Waals surface area contributed by atoms with Gasteiger partial charge in [-0.25, -0.2) is 8.42 Å². The summed E-state index contributed by atoms with van der Waals surface area (Å²) >= 11 is 0. The molecule has 1 aliphatic heterocycles. The monoisotopic (exact) mass is 338 g/mol. The second-order valence-electron chi connectivity index (χ2n) is 6.22. The van der Waals surface area contributed by atoms with Crippen molar-refractivity contribution < 1.29 is 17.9 Å². The van der Waals surface area contributed by atoms with Crippen molar-refractivity contribution in [3.8, 4) is 0 Å². The number of nitrogens with zero attached hydrogens (tertiary/aromatic N) is 1. The maximum absolute atomic E-state index is 13.0. The van der Waals surface area contributed by atoms with Crippen molar-refractivity contribution in [2.24, 2.45) is 5.73 Å². The van der Waals surface area contributed by atoms with Gasteiger partial charge in [-0.15, -0.1) is 0 Å². The summed E-state index contributed by atoms with van der Waals surface area (Å²) in [5.74, 6) is -0.633. The third-order valence-corrected chi connectivity index (χ3v) is 6.68. The summed E-state index contributed by atoms with van der Waals surface area (Å²) in [5, 5.41) is 0. The van der Waals surface area contributed by atoms with Crippen molar-refractivity contribution in [2.75, 3.05) is 13.7 Å². The molecule has 0 radical (unpaired) electrons. The zero-order chi connectivity index (χ0) is 16.6. The number of benzene rings is 1. The number of nitrogens with two attached hydrogens (primary N) is 1. The van der Waals surface area contributed by atoms with Gasteiger partial charge in [-0.1, -0.05) is 6.07 Å². The first-order chi connectivity index (χ1) is 10.9. The van der Waals surface area contributed by atoms with Crippen molar-refractivity contribution in [3.05, 3.63) is 29.3 Å². The van der Waals surface area contributed by atoms with Crippen LogP contribution in [0.3, 0.4) is 0 Å². The molecule has 0 aromatic heterocycles. The van der Waals surface area contributed by atoms with Crippen LogP contribution < -0.4 is 5.73 Å². The second kappa shape index (κ2) is 6.22. The topological polar surface area (TPSA) is 89.7 Å². The molecule has 6 nitrogen and oxygen atoms in total. The summed E-state index contributed by atoms with van der Waals surface area (Å²) < 4.78 is 32.3. The molecular formula is C16H22N2O4S. The highest BCUT2D eigenvalue weighted by atomic mass is 32.2. The second-order valence-corrected chi connectivity index (χ2v) is 8.11. The summed E-state index contributed by atoms with van der Waals surface area (Å²) in [6, 6.07) is 4.44. The fourth-order valence-corrected chi connectivity index (χ4v) is 5.16. The highest BCUT2D eigenvalue weighted by Crippen LogP contribution is 2.30. The number of aryl methyl sites for hydroxylation is 2. The van der Waals surface area contributed by atoms with E-state index in [1.807, 2.05) is 6.07 Å². The number of amides is 1. The first-order valence-corrected chi connectivity index (χ1v) is 9.33. The Morgan fingerprint density at radius 1 is 1.26 bits per heavy atom. The number of carbonyl (C=O) groups is 1. The van der Waals surface area contributed by atoms with E-state index >= 15 is 0 Å². The van der Waals surface area contributed by atoms with Crippen LogP contribution in [0.5, 0.6) is 0 Å². The Labute approximate surface area is 136 Å². The third kappa shape index (κ3) is 3.00. The lowest BCUT2D eigenvalue weighted by Crippen LogP contribution is -2.43. The normalized spacial score (nSPS) is 25.3. The van der Waals surface area contributed by atoms with Gasteiger partial charge in [0.25, 0.3) is 0 Å². The molecule has 7 heteroatoms. The molecule has 2 aliphatic rings. The Morgan fingerprint density at radius 3 is 2.61 bits per heavy atom. The number of rotatable bonds is 4. The fourth-order valence-electron chi connectivity index (χ4n) is 3.47. The molecule has 1 saturated heterocycles. The minimum Gasteiger partial charge on any atom is -0.380 e. The molecule has 1 aromatic carbocycles. The van der Waals surface area contributed by atoms with Gasteiger partial charge < -0.3 is 10.5 Å². The summed E-state index contributed by atoms with van der Waals surface area (Å²) in [6.45, 7) is 0.156. The van der Waals surface area contributed by atoms with E-state index in [0.717, 1.165) is 31.2 Å². The Balaban J connectivity index is 1.95. The van der Waals surface area contributed by atoms with Crippen LogP contribution in [0.15, 0.2) is 23.1 Å². The summed E-state index contributed by atoms with van der Waals surface area (Å²) in [7, 11) is -2.25. The molecule has 3 rings (SSSR count). The average Bonchev–Trinajstić information content (AvgIpc) is 3.00. The van der Waals surface area contributed by atoms with Gasteiger partial charge in [0, 0.05) is 20.1 Å². The fraction of sp³-hybridized carbons (Fsp3) is 0.562. The zero-order valence-corrected chi connectivity index (χ0v) is 14.0. The standard InChI is InChI=1S/C16H22N2O4S/c1-22-13-9-15(16(17)19)18(10-13)23(20,21)14-7-6-11-4-2-3-5-12(11)8-14/h6-8,13,15H,2-5,9-10H2,1H3,(H2,17,19)/t13-,15-/m0/s1. The first kappa shape index (κ1) is 16.4. The van der Waals surface area contributed by atoms with E-state index in [2.05, 4.69) is 0 Å². The van der Waals surface area contributed by atoms with Crippen LogP contribution in [0.25, 0.3) is 0 Å². The quantitative estimate of drug-likeness (QED) is 0.880. The summed E-state index contributed by atoms with van der Waals surface area (Å²) in [5.41, 5.74) is 7.70. The Kier molecular flexibility index (Phi) is 4.44. The Morgan fingerprint density at radius 2 is 1.96 bits per heavy atom. The van der Waals surface area contributed by atoms with Crippen LogP contribution in [0.2, 0.25) is 0 Å². The maximum atomic E-state index is 13.0. The van der Waals surface area contributed by atoms with Gasteiger partial charge in [-0.2, -0.15) is 4.31 Å². The van der Waals surface area contributed by atoms with Gasteiger partial charge in [0.05, 0.1) is 11.0 Å². The molecule has 1 fully saturated rings. The lowest BCUT2D eigenvalue weighted by atomic mass is 9.92. The van der Waals surface area contributed by atoms with E-state index in [4.69, 9.17) is 10.5 Å². The van der Waals surface area contributed by atoms with Gasteiger partial charge in [-0.05, 0) is 48.9 Å². The van der Waals surface area contributed by atoms with E-state index < -0.39 is 22.0 Å². The summed E-state index contributed by atoms with van der Waals surface area (Å²) in [4.78, 5) is 11.9. The lowest BCUT2D eigenvalue weighted by molar-refractivity contribution is -0.121. The SMILES string of the molecule is CO[C@H]1C[C@@H](C(N)=O)N(S(=O)(=O)c2ccc3c(c2)CCCC3)C1. The van der Waals surface area contributed by atoms with Gasteiger partial charge in [-0.3, -0.25) is 4.79 Å². The highest BCUT2D eigenvalue weighted by molar-refractivity contribution is 7.89. The number of sulfonamides is 1. The molecule has 0 spiro atoms. The molecular weight excluding hydrogens is 316 g/mol. The van der Waals surface area contributed by atoms with Crippen LogP contribution in [0.1, 0.15) is 30.4 Å². The van der Waals surface area contributed by atoms with Gasteiger partial charge in [0.2, 0.25) is 15.9 Å². The lowest BCUT2D eigenvalue weighted by Gasteiger charge is -2.23. The van der Waals surface area contributed by atoms with Gasteiger partial charge in [0.15, 0.2) is 0 Å². The van der Waals surface area contributed by atoms with Gasteiger partial charge >= 0.3 is 0 Å². The zero-order valence-electron chi connectivity index (χ0n) is 13.2. The van der Waals surface area contributed by atoms with Crippen LogP contribution in [-0.2, 0) is 32.4 Å². The number of primary amides is 1. The number of hydrogen-bond donors (Lipinski definition) is 1. The molecule has 0 bridgehead atoms. The smallest absolute Gasteiger partial charge is 0.243 e. The minimum absolute atomic E-state index is 0.156. The van der Waals surface area contributed by atoms with E-state index in [0.29, 0.717) is 6.42 Å². The van der Waals surface area contributed by atoms with E-state index in [-0.39, 0.29) is 17.5 Å². The third-order valence-electron chi connectivity index (χ3n) is 4.81. The molecule has 0 saturated carbocycles. The largest absolute Gasteiger partial charge is 0.380 e. The predicted molar refractivity (Wildman–Crippen MR) is 85.4 cm³/mol. The van der Waals surface area contributed by atoms with E-state index in [9.17, 15) is 13.2 Å². The molecule has 23 heavy (non-hydrogen) atoms. The molecule has 1 aliphatic carbocycles. The Hall–Kier alpha value is -1.44. The van der Waals surface area contributed by atoms with Crippen molar-refractivity contribution in [3.63, 3.8) is 0 Å². The first-order valence-electron chi connectivity index (χ1n) is 7.89. The van der Waals surface area contributed by atoms with Crippen LogP contribution >= 0.6 is 0 Å². The van der Waals surface area contributed by atoms with Crippen LogP contribution in [0.4, 0.5) is 0 Å². The number of methoxy groups -OCH3 is 1. The molecule has 0 unspecified atom stereocenters. The van der Waals surface area contributed by atoms with E-state index in [1.165, 1.54) is 17.0 Å². The predicted octanol–water partition coefficient (Wildman–Crippen LogP) is 0.829. The van der Waals surface area contributed by atoms with Crippen molar-refractivity contribution in [1.82, 2.24) is 4.31 Å². The summed E-state index contributed by atoms with van der Waals surface area (Å²) in [6.07, 6.45) is 4.12. The van der Waals surface area contributed by atoms with Crippen molar-refractivity contribution >= 4 is 15.9 Å². The molecule has 1 amide bonds. The van der Waals surface area contributed by atoms with Gasteiger partial charge in [0.1, 0.15) is 6.04 Å². The number of ether oxygens (including phenoxy) is 1. The van der Waals surface area contributed by atoms with Crippen molar-refractivity contribution in [1.29, 1.82) is 0 Å². The maximum Gasteiger partial charge on any atom is 0.243 e. The van der Waals surface area contributed by atoms with Crippen LogP contribution in [0, 0.1) is 0 Å². The molecule has 1 aromatic rings. The van der Waals surface area contributed by atoms with E-state index in [1.54, 1.807) is 12.1 Å². The molecule has 1 heterocycles. The number of fused-ring (bicyclic) bond motifs is 1. The number of hydrogen-bond acceptors (Lipinski definition) is 4.